The van der Waals surface area contributed by atoms with E-state index in [-0.39, 0.29) is 11.7 Å². The smallest absolute Gasteiger partial charge is 0.259 e. The second-order valence-corrected chi connectivity index (χ2v) is 5.42. The first-order chi connectivity index (χ1) is 9.16. The molecule has 1 heterocycles. The Bertz CT molecular complexity index is 609. The summed E-state index contributed by atoms with van der Waals surface area (Å²) in [5.74, 6) is -0.142. The Labute approximate surface area is 119 Å². The summed E-state index contributed by atoms with van der Waals surface area (Å²) < 4.78 is 0.619. The lowest BCUT2D eigenvalue weighted by atomic mass is 10.1. The van der Waals surface area contributed by atoms with Crippen molar-refractivity contribution in [2.24, 2.45) is 0 Å². The minimum Gasteiger partial charge on any atom is -0.507 e. The largest absolute Gasteiger partial charge is 0.507 e. The van der Waals surface area contributed by atoms with Gasteiger partial charge in [0.1, 0.15) is 5.75 Å². The maximum absolute atomic E-state index is 12.5. The monoisotopic (exact) mass is 317 g/mol. The average molecular weight is 318 g/mol. The molecule has 3 nitrogen and oxygen atoms in total. The summed E-state index contributed by atoms with van der Waals surface area (Å²) in [5, 5.41) is 9.86. The van der Waals surface area contributed by atoms with E-state index in [2.05, 4.69) is 15.9 Å². The van der Waals surface area contributed by atoms with Crippen molar-refractivity contribution in [2.75, 3.05) is 0 Å². The van der Waals surface area contributed by atoms with E-state index in [4.69, 9.17) is 0 Å². The number of phenols is 1. The molecule has 0 fully saturated rings. The van der Waals surface area contributed by atoms with Crippen LogP contribution in [0.5, 0.6) is 5.75 Å². The van der Waals surface area contributed by atoms with Crippen molar-refractivity contribution in [3.63, 3.8) is 0 Å². The number of phenolic OH excluding ortho intramolecular Hbond substituents is 1. The van der Waals surface area contributed by atoms with Crippen LogP contribution in [0.1, 0.15) is 21.5 Å². The van der Waals surface area contributed by atoms with Gasteiger partial charge < -0.3 is 10.0 Å². The number of benzene rings is 2. The SMILES string of the molecule is O=C(c1c(O)cccc1Br)N1Cc2ccccc2C1. The zero-order valence-corrected chi connectivity index (χ0v) is 11.7. The van der Waals surface area contributed by atoms with E-state index in [0.717, 1.165) is 0 Å². The number of carbonyl (C=O) groups excluding carboxylic acids is 1. The minimum atomic E-state index is -0.152. The molecule has 1 aliphatic rings. The van der Waals surface area contributed by atoms with Crippen LogP contribution in [0.2, 0.25) is 0 Å². The summed E-state index contributed by atoms with van der Waals surface area (Å²) in [4.78, 5) is 14.2. The standard InChI is InChI=1S/C15H12BrNO2/c16-12-6-3-7-13(18)14(12)15(19)17-8-10-4-1-2-5-11(10)9-17/h1-7,18H,8-9H2. The molecule has 4 heteroatoms. The number of aromatic hydroxyl groups is 1. The molecule has 0 spiro atoms. The van der Waals surface area contributed by atoms with Crippen LogP contribution in [-0.4, -0.2) is 15.9 Å². The summed E-state index contributed by atoms with van der Waals surface area (Å²) in [6.45, 7) is 1.19. The van der Waals surface area contributed by atoms with E-state index in [9.17, 15) is 9.90 Å². The van der Waals surface area contributed by atoms with Crippen molar-refractivity contribution in [3.05, 3.63) is 63.6 Å². The van der Waals surface area contributed by atoms with Crippen LogP contribution in [0.15, 0.2) is 46.9 Å². The van der Waals surface area contributed by atoms with Gasteiger partial charge >= 0.3 is 0 Å². The Balaban J connectivity index is 1.92. The molecular formula is C15H12BrNO2. The van der Waals surface area contributed by atoms with Crippen LogP contribution in [0.3, 0.4) is 0 Å². The molecule has 2 aromatic rings. The second-order valence-electron chi connectivity index (χ2n) is 4.56. The first-order valence-corrected chi connectivity index (χ1v) is 6.79. The van der Waals surface area contributed by atoms with Crippen LogP contribution in [0.4, 0.5) is 0 Å². The first-order valence-electron chi connectivity index (χ1n) is 6.00. The molecule has 0 saturated carbocycles. The number of fused-ring (bicyclic) bond motifs is 1. The fourth-order valence-electron chi connectivity index (χ4n) is 2.36. The predicted molar refractivity (Wildman–Crippen MR) is 75.8 cm³/mol. The number of carbonyl (C=O) groups is 1. The van der Waals surface area contributed by atoms with E-state index in [0.29, 0.717) is 23.1 Å². The Morgan fingerprint density at radius 1 is 1.05 bits per heavy atom. The highest BCUT2D eigenvalue weighted by Gasteiger charge is 2.26. The van der Waals surface area contributed by atoms with Gasteiger partial charge in [-0.15, -0.1) is 0 Å². The molecule has 0 unspecified atom stereocenters. The van der Waals surface area contributed by atoms with Gasteiger partial charge in [0.05, 0.1) is 5.56 Å². The van der Waals surface area contributed by atoms with Crippen molar-refractivity contribution in [2.45, 2.75) is 13.1 Å². The molecular weight excluding hydrogens is 306 g/mol. The van der Waals surface area contributed by atoms with Gasteiger partial charge in [-0.05, 0) is 39.2 Å². The van der Waals surface area contributed by atoms with Gasteiger partial charge in [-0.25, -0.2) is 0 Å². The topological polar surface area (TPSA) is 40.5 Å². The summed E-state index contributed by atoms with van der Waals surface area (Å²) in [6.07, 6.45) is 0. The van der Waals surface area contributed by atoms with Crippen molar-refractivity contribution in [1.29, 1.82) is 0 Å². The number of hydrogen-bond acceptors (Lipinski definition) is 2. The maximum atomic E-state index is 12.5. The fourth-order valence-corrected chi connectivity index (χ4v) is 2.88. The van der Waals surface area contributed by atoms with Gasteiger partial charge in [0.2, 0.25) is 0 Å². The number of rotatable bonds is 1. The number of nitrogens with zero attached hydrogens (tertiary/aromatic N) is 1. The van der Waals surface area contributed by atoms with Gasteiger partial charge in [-0.2, -0.15) is 0 Å². The molecule has 3 rings (SSSR count). The first kappa shape index (κ1) is 12.2. The number of halogens is 1. The molecule has 0 aromatic heterocycles. The normalized spacial score (nSPS) is 13.4. The number of amides is 1. The second kappa shape index (κ2) is 4.70. The van der Waals surface area contributed by atoms with E-state index < -0.39 is 0 Å². The summed E-state index contributed by atoms with van der Waals surface area (Å²) in [7, 11) is 0. The van der Waals surface area contributed by atoms with Gasteiger partial charge in [-0.1, -0.05) is 30.3 Å². The van der Waals surface area contributed by atoms with E-state index in [1.807, 2.05) is 24.3 Å². The molecule has 2 aromatic carbocycles. The fraction of sp³-hybridized carbons (Fsp3) is 0.133. The summed E-state index contributed by atoms with van der Waals surface area (Å²) in [6, 6.07) is 13.0. The van der Waals surface area contributed by atoms with E-state index in [1.165, 1.54) is 17.2 Å². The highest BCUT2D eigenvalue weighted by molar-refractivity contribution is 9.10. The lowest BCUT2D eigenvalue weighted by Gasteiger charge is -2.17. The average Bonchev–Trinajstić information content (AvgIpc) is 2.82. The van der Waals surface area contributed by atoms with Gasteiger partial charge in [0.25, 0.3) is 5.91 Å². The Kier molecular flexibility index (Phi) is 3.03. The van der Waals surface area contributed by atoms with E-state index >= 15 is 0 Å². The third-order valence-electron chi connectivity index (χ3n) is 3.33. The third-order valence-corrected chi connectivity index (χ3v) is 3.99. The molecule has 0 radical (unpaired) electrons. The van der Waals surface area contributed by atoms with Crippen molar-refractivity contribution >= 4 is 21.8 Å². The quantitative estimate of drug-likeness (QED) is 0.876. The van der Waals surface area contributed by atoms with Crippen LogP contribution in [0.25, 0.3) is 0 Å². The van der Waals surface area contributed by atoms with Crippen molar-refractivity contribution in [1.82, 2.24) is 4.90 Å². The lowest BCUT2D eigenvalue weighted by molar-refractivity contribution is 0.0747. The molecule has 1 aliphatic heterocycles. The maximum Gasteiger partial charge on any atom is 0.259 e. The lowest BCUT2D eigenvalue weighted by Crippen LogP contribution is -2.25. The molecule has 96 valence electrons. The minimum absolute atomic E-state index is 0.00957. The molecule has 0 atom stereocenters. The molecule has 1 amide bonds. The Hall–Kier alpha value is -1.81. The van der Waals surface area contributed by atoms with Gasteiger partial charge in [0.15, 0.2) is 0 Å². The molecule has 0 aliphatic carbocycles. The predicted octanol–water partition coefficient (Wildman–Crippen LogP) is 3.31. The van der Waals surface area contributed by atoms with Gasteiger partial charge in [-0.3, -0.25) is 4.79 Å². The van der Waals surface area contributed by atoms with Crippen molar-refractivity contribution < 1.29 is 9.90 Å². The molecule has 19 heavy (non-hydrogen) atoms. The summed E-state index contributed by atoms with van der Waals surface area (Å²) >= 11 is 3.32. The Morgan fingerprint density at radius 2 is 1.68 bits per heavy atom. The summed E-state index contributed by atoms with van der Waals surface area (Å²) in [5.41, 5.74) is 2.67. The zero-order valence-electron chi connectivity index (χ0n) is 10.1. The zero-order chi connectivity index (χ0) is 13.4. The number of hydrogen-bond donors (Lipinski definition) is 1. The highest BCUT2D eigenvalue weighted by atomic mass is 79.9. The highest BCUT2D eigenvalue weighted by Crippen LogP contribution is 2.30. The van der Waals surface area contributed by atoms with Crippen molar-refractivity contribution in [3.8, 4) is 5.75 Å². The van der Waals surface area contributed by atoms with Crippen LogP contribution in [0, 0.1) is 0 Å². The molecule has 0 bridgehead atoms. The van der Waals surface area contributed by atoms with Crippen LogP contribution in [-0.2, 0) is 13.1 Å². The van der Waals surface area contributed by atoms with Gasteiger partial charge in [0, 0.05) is 17.6 Å². The van der Waals surface area contributed by atoms with E-state index in [1.54, 1.807) is 17.0 Å². The molecule has 0 saturated heterocycles. The third kappa shape index (κ3) is 2.12. The van der Waals surface area contributed by atoms with Crippen LogP contribution >= 0.6 is 15.9 Å². The Morgan fingerprint density at radius 3 is 2.26 bits per heavy atom. The van der Waals surface area contributed by atoms with Crippen LogP contribution < -0.4 is 0 Å². The molecule has 1 N–H and O–H groups in total.